The second-order valence-corrected chi connectivity index (χ2v) is 16.9. The van der Waals surface area contributed by atoms with Gasteiger partial charge in [-0.25, -0.2) is 17.9 Å². The SMILES string of the molecule is Cc1ccc(-n2nc(C(C)(C)C)cc2NC(=O)Nc2ccc(CC3CC4CCC(C3)N4S(=O)(=O)c3nsnc3Cc3ccccc3)cc2)cc1. The van der Waals surface area contributed by atoms with Gasteiger partial charge in [0.05, 0.1) is 28.8 Å². The summed E-state index contributed by atoms with van der Waals surface area (Å²) in [5.74, 6) is 0.965. The van der Waals surface area contributed by atoms with Crippen LogP contribution in [0.5, 0.6) is 0 Å². The summed E-state index contributed by atoms with van der Waals surface area (Å²) in [6.07, 6.45) is 4.66. The first-order chi connectivity index (χ1) is 23.9. The molecular formula is C38H43N7O3S2. The van der Waals surface area contributed by atoms with Gasteiger partial charge in [-0.3, -0.25) is 5.32 Å². The van der Waals surface area contributed by atoms with E-state index in [-0.39, 0.29) is 28.6 Å². The Hall–Kier alpha value is -4.39. The quantitative estimate of drug-likeness (QED) is 0.162. The van der Waals surface area contributed by atoms with E-state index in [1.807, 2.05) is 91.9 Å². The number of rotatable bonds is 9. The lowest BCUT2D eigenvalue weighted by atomic mass is 9.87. The van der Waals surface area contributed by atoms with E-state index in [1.165, 1.54) is 0 Å². The molecule has 0 spiro atoms. The van der Waals surface area contributed by atoms with Gasteiger partial charge in [-0.2, -0.15) is 18.2 Å². The highest BCUT2D eigenvalue weighted by atomic mass is 32.2. The molecule has 7 rings (SSSR count). The Labute approximate surface area is 298 Å². The van der Waals surface area contributed by atoms with Crippen LogP contribution in [-0.2, 0) is 28.3 Å². The van der Waals surface area contributed by atoms with Gasteiger partial charge in [0.15, 0.2) is 0 Å². The number of fused-ring (bicyclic) bond motifs is 2. The molecule has 4 heterocycles. The number of hydrogen-bond donors (Lipinski definition) is 2. The summed E-state index contributed by atoms with van der Waals surface area (Å²) in [6, 6.07) is 27.3. The van der Waals surface area contributed by atoms with Crippen molar-refractivity contribution in [2.24, 2.45) is 5.92 Å². The van der Waals surface area contributed by atoms with Gasteiger partial charge in [0, 0.05) is 35.7 Å². The summed E-state index contributed by atoms with van der Waals surface area (Å²) in [5, 5.41) is 10.9. The number of hydrogen-bond acceptors (Lipinski definition) is 7. The van der Waals surface area contributed by atoms with Crippen molar-refractivity contribution in [1.82, 2.24) is 22.8 Å². The summed E-state index contributed by atoms with van der Waals surface area (Å²) < 4.78 is 40.1. The van der Waals surface area contributed by atoms with Gasteiger partial charge in [-0.05, 0) is 80.3 Å². The second kappa shape index (κ2) is 13.7. The number of carbonyl (C=O) groups excluding carboxylic acids is 1. The monoisotopic (exact) mass is 709 g/mol. The van der Waals surface area contributed by atoms with Gasteiger partial charge in [0.2, 0.25) is 5.03 Å². The molecule has 0 radical (unpaired) electrons. The van der Waals surface area contributed by atoms with Crippen LogP contribution in [0.1, 0.15) is 74.5 Å². The van der Waals surface area contributed by atoms with Gasteiger partial charge in [0.25, 0.3) is 10.0 Å². The third kappa shape index (κ3) is 7.24. The number of nitrogens with one attached hydrogen (secondary N) is 2. The van der Waals surface area contributed by atoms with Crippen molar-refractivity contribution in [3.63, 3.8) is 0 Å². The minimum Gasteiger partial charge on any atom is -0.308 e. The van der Waals surface area contributed by atoms with Gasteiger partial charge in [-0.15, -0.1) is 0 Å². The van der Waals surface area contributed by atoms with E-state index in [9.17, 15) is 13.2 Å². The van der Waals surface area contributed by atoms with Crippen LogP contribution in [0.3, 0.4) is 0 Å². The Bertz CT molecular complexity index is 2060. The Kier molecular flexibility index (Phi) is 9.36. The van der Waals surface area contributed by atoms with Crippen LogP contribution in [0.15, 0.2) is 90.0 Å². The molecule has 0 saturated carbocycles. The van der Waals surface area contributed by atoms with Crippen molar-refractivity contribution < 1.29 is 13.2 Å². The Morgan fingerprint density at radius 1 is 0.880 bits per heavy atom. The maximum absolute atomic E-state index is 14.0. The minimum absolute atomic E-state index is 0.0354. The zero-order chi connectivity index (χ0) is 35.0. The number of anilines is 2. The molecule has 3 aromatic carbocycles. The fraction of sp³-hybridized carbons (Fsp3) is 0.368. The molecule has 2 fully saturated rings. The standard InChI is InChI=1S/C38H43N7O3S2/c1-25-10-16-30(17-11-25)44-35(24-34(41-44)38(2,3)4)40-37(46)39-29-14-12-27(13-15-29)20-28-21-31-18-19-32(22-28)45(31)50(47,48)36-33(42-49-43-36)23-26-8-6-5-7-9-26/h5-17,24,28,31-32H,18-23H2,1-4H3,(H2,39,40,46). The molecule has 2 aliphatic heterocycles. The largest absolute Gasteiger partial charge is 0.324 e. The third-order valence-corrected chi connectivity index (χ3v) is 12.4. The van der Waals surface area contributed by atoms with Crippen molar-refractivity contribution in [1.29, 1.82) is 0 Å². The van der Waals surface area contributed by atoms with Crippen LogP contribution in [0.4, 0.5) is 16.3 Å². The van der Waals surface area contributed by atoms with Crippen molar-refractivity contribution in [3.8, 4) is 5.69 Å². The van der Waals surface area contributed by atoms with Gasteiger partial charge in [-0.1, -0.05) is 80.9 Å². The van der Waals surface area contributed by atoms with Crippen LogP contribution in [0.25, 0.3) is 5.69 Å². The summed E-state index contributed by atoms with van der Waals surface area (Å²) in [5.41, 5.74) is 6.10. The van der Waals surface area contributed by atoms with E-state index in [4.69, 9.17) is 5.10 Å². The number of piperidine rings is 1. The fourth-order valence-electron chi connectivity index (χ4n) is 7.25. The average Bonchev–Trinajstić information content (AvgIpc) is 3.80. The molecule has 5 aromatic rings. The van der Waals surface area contributed by atoms with Crippen LogP contribution in [0, 0.1) is 12.8 Å². The Morgan fingerprint density at radius 2 is 1.56 bits per heavy atom. The molecular weight excluding hydrogens is 667 g/mol. The molecule has 50 heavy (non-hydrogen) atoms. The zero-order valence-corrected chi connectivity index (χ0v) is 30.5. The van der Waals surface area contributed by atoms with E-state index in [1.54, 1.807) is 8.99 Å². The van der Waals surface area contributed by atoms with E-state index in [0.29, 0.717) is 29.5 Å². The number of aryl methyl sites for hydroxylation is 1. The maximum atomic E-state index is 14.0. The lowest BCUT2D eigenvalue weighted by molar-refractivity contribution is 0.189. The molecule has 2 unspecified atom stereocenters. The van der Waals surface area contributed by atoms with Crippen LogP contribution >= 0.6 is 11.7 Å². The molecule has 0 aliphatic carbocycles. The maximum Gasteiger partial charge on any atom is 0.324 e. The molecule has 2 N–H and O–H groups in total. The number of nitrogens with zero attached hydrogens (tertiary/aromatic N) is 5. The van der Waals surface area contributed by atoms with Gasteiger partial charge in [0.1, 0.15) is 5.82 Å². The van der Waals surface area contributed by atoms with Crippen molar-refractivity contribution in [3.05, 3.63) is 113 Å². The summed E-state index contributed by atoms with van der Waals surface area (Å²) in [6.45, 7) is 8.33. The minimum atomic E-state index is -3.75. The molecule has 2 saturated heterocycles. The Balaban J connectivity index is 0.976. The number of aromatic nitrogens is 4. The number of amides is 2. The summed E-state index contributed by atoms with van der Waals surface area (Å²) >= 11 is 0.968. The van der Waals surface area contributed by atoms with Crippen LogP contribution < -0.4 is 10.6 Å². The average molecular weight is 710 g/mol. The normalized spacial score (nSPS) is 19.4. The molecule has 2 amide bonds. The van der Waals surface area contributed by atoms with Gasteiger partial charge >= 0.3 is 6.03 Å². The second-order valence-electron chi connectivity index (χ2n) is 14.6. The fourth-order valence-corrected chi connectivity index (χ4v) is 10.0. The van der Waals surface area contributed by atoms with Crippen molar-refractivity contribution in [2.75, 3.05) is 10.6 Å². The van der Waals surface area contributed by atoms with E-state index >= 15 is 0 Å². The van der Waals surface area contributed by atoms with E-state index in [2.05, 4.69) is 40.2 Å². The lowest BCUT2D eigenvalue weighted by Crippen LogP contribution is -2.47. The highest BCUT2D eigenvalue weighted by Gasteiger charge is 2.48. The third-order valence-electron chi connectivity index (χ3n) is 9.76. The number of sulfonamides is 1. The predicted octanol–water partition coefficient (Wildman–Crippen LogP) is 7.74. The molecule has 12 heteroatoms. The number of urea groups is 1. The summed E-state index contributed by atoms with van der Waals surface area (Å²) in [4.78, 5) is 13.1. The van der Waals surface area contributed by atoms with Crippen LogP contribution in [0.2, 0.25) is 0 Å². The Morgan fingerprint density at radius 3 is 2.22 bits per heavy atom. The molecule has 10 nitrogen and oxygen atoms in total. The van der Waals surface area contributed by atoms with Crippen LogP contribution in [-0.4, -0.2) is 49.4 Å². The molecule has 2 bridgehead atoms. The highest BCUT2D eigenvalue weighted by Crippen LogP contribution is 2.43. The molecule has 2 aliphatic rings. The smallest absolute Gasteiger partial charge is 0.308 e. The van der Waals surface area contributed by atoms with E-state index < -0.39 is 10.0 Å². The molecule has 2 atom stereocenters. The first kappa shape index (κ1) is 34.1. The highest BCUT2D eigenvalue weighted by molar-refractivity contribution is 7.89. The molecule has 2 aromatic heterocycles. The predicted molar refractivity (Wildman–Crippen MR) is 198 cm³/mol. The zero-order valence-electron chi connectivity index (χ0n) is 28.8. The van der Waals surface area contributed by atoms with Crippen molar-refractivity contribution in [2.45, 2.75) is 88.7 Å². The van der Waals surface area contributed by atoms with Crippen molar-refractivity contribution >= 4 is 39.3 Å². The van der Waals surface area contributed by atoms with E-state index in [0.717, 1.165) is 71.9 Å². The molecule has 260 valence electrons. The lowest BCUT2D eigenvalue weighted by Gasteiger charge is -2.37. The number of carbonyl (C=O) groups is 1. The first-order valence-corrected chi connectivity index (χ1v) is 19.3. The summed E-state index contributed by atoms with van der Waals surface area (Å²) in [7, 11) is -3.75. The first-order valence-electron chi connectivity index (χ1n) is 17.2. The topological polar surface area (TPSA) is 122 Å². The van der Waals surface area contributed by atoms with Gasteiger partial charge < -0.3 is 5.32 Å². The number of benzene rings is 3.